The number of nitrogens with zero attached hydrogens (tertiary/aromatic N) is 6. The number of nitrogens with one attached hydrogen (secondary N) is 1. The first-order valence-corrected chi connectivity index (χ1v) is 10.7. The van der Waals surface area contributed by atoms with E-state index in [9.17, 15) is 18.0 Å². The first-order chi connectivity index (χ1) is 16.4. The number of benzene rings is 2. The minimum absolute atomic E-state index is 0.132. The van der Waals surface area contributed by atoms with Crippen LogP contribution in [-0.4, -0.2) is 35.4 Å². The van der Waals surface area contributed by atoms with Gasteiger partial charge in [-0.2, -0.15) is 18.3 Å². The van der Waals surface area contributed by atoms with Gasteiger partial charge >= 0.3 is 6.18 Å². The van der Waals surface area contributed by atoms with Crippen molar-refractivity contribution in [2.75, 3.05) is 5.32 Å². The highest BCUT2D eigenvalue weighted by Crippen LogP contribution is 2.32. The van der Waals surface area contributed by atoms with E-state index in [1.807, 2.05) is 0 Å². The molecule has 34 heavy (non-hydrogen) atoms. The molecule has 3 aromatic heterocycles. The second-order valence-electron chi connectivity index (χ2n) is 7.01. The van der Waals surface area contributed by atoms with Crippen LogP contribution in [0.15, 0.2) is 78.7 Å². The van der Waals surface area contributed by atoms with Crippen molar-refractivity contribution in [3.05, 3.63) is 90.1 Å². The predicted octanol–water partition coefficient (Wildman–Crippen LogP) is 4.85. The third kappa shape index (κ3) is 4.18. The molecule has 2 aromatic carbocycles. The Hall–Kier alpha value is -4.32. The third-order valence-electron chi connectivity index (χ3n) is 4.79. The van der Waals surface area contributed by atoms with Crippen LogP contribution in [0.5, 0.6) is 0 Å². The zero-order chi connectivity index (χ0) is 23.7. The molecule has 3 heterocycles. The Morgan fingerprint density at radius 3 is 2.62 bits per heavy atom. The van der Waals surface area contributed by atoms with Crippen LogP contribution in [0.3, 0.4) is 0 Å². The molecule has 1 amide bonds. The van der Waals surface area contributed by atoms with Crippen LogP contribution in [0.4, 0.5) is 18.9 Å². The monoisotopic (exact) mass is 481 g/mol. The summed E-state index contributed by atoms with van der Waals surface area (Å²) in [4.78, 5) is 22.0. The summed E-state index contributed by atoms with van der Waals surface area (Å²) in [5, 5.41) is 12.9. The quantitative estimate of drug-likeness (QED) is 0.388. The summed E-state index contributed by atoms with van der Waals surface area (Å²) in [6.45, 7) is 0. The summed E-state index contributed by atoms with van der Waals surface area (Å²) in [7, 11) is 0. The van der Waals surface area contributed by atoms with Crippen molar-refractivity contribution in [2.24, 2.45) is 0 Å². The Labute approximate surface area is 194 Å². The molecule has 0 saturated heterocycles. The van der Waals surface area contributed by atoms with Gasteiger partial charge in [-0.15, -0.1) is 16.4 Å². The Balaban J connectivity index is 1.54. The number of hydrogen-bond acceptors (Lipinski definition) is 6. The van der Waals surface area contributed by atoms with E-state index >= 15 is 0 Å². The van der Waals surface area contributed by atoms with E-state index in [-0.39, 0.29) is 17.3 Å². The number of carbonyl (C=O) groups is 1. The fourth-order valence-corrected chi connectivity index (χ4v) is 3.96. The highest BCUT2D eigenvalue weighted by Gasteiger charge is 2.31. The normalized spacial score (nSPS) is 11.5. The number of hydrogen-bond donors (Lipinski definition) is 1. The second kappa shape index (κ2) is 8.56. The van der Waals surface area contributed by atoms with E-state index < -0.39 is 17.6 Å². The van der Waals surface area contributed by atoms with Gasteiger partial charge in [-0.1, -0.05) is 24.3 Å². The van der Waals surface area contributed by atoms with Gasteiger partial charge in [0.1, 0.15) is 12.7 Å². The second-order valence-corrected chi connectivity index (χ2v) is 7.96. The van der Waals surface area contributed by atoms with Crippen molar-refractivity contribution >= 4 is 22.9 Å². The number of para-hydroxylation sites is 2. The Morgan fingerprint density at radius 1 is 1.03 bits per heavy atom. The summed E-state index contributed by atoms with van der Waals surface area (Å²) in [6, 6.07) is 15.2. The van der Waals surface area contributed by atoms with Gasteiger partial charge in [0.15, 0.2) is 5.82 Å². The van der Waals surface area contributed by atoms with Gasteiger partial charge in [0.05, 0.1) is 27.5 Å². The number of aromatic nitrogens is 6. The molecule has 0 radical (unpaired) electrons. The van der Waals surface area contributed by atoms with E-state index in [1.54, 1.807) is 41.8 Å². The molecule has 0 fully saturated rings. The maximum atomic E-state index is 13.3. The van der Waals surface area contributed by atoms with Crippen molar-refractivity contribution in [2.45, 2.75) is 6.18 Å². The van der Waals surface area contributed by atoms with Crippen LogP contribution >= 0.6 is 11.3 Å². The number of carbonyl (C=O) groups excluding carboxylic acids is 1. The minimum atomic E-state index is -4.52. The molecule has 0 spiro atoms. The van der Waals surface area contributed by atoms with Crippen molar-refractivity contribution < 1.29 is 18.0 Å². The van der Waals surface area contributed by atoms with Crippen LogP contribution in [-0.2, 0) is 6.18 Å². The Morgan fingerprint density at radius 2 is 1.88 bits per heavy atom. The lowest BCUT2D eigenvalue weighted by Gasteiger charge is -2.10. The third-order valence-corrected chi connectivity index (χ3v) is 5.65. The van der Waals surface area contributed by atoms with E-state index in [4.69, 9.17) is 0 Å². The van der Waals surface area contributed by atoms with Crippen LogP contribution in [0.1, 0.15) is 16.2 Å². The molecule has 0 bridgehead atoms. The largest absolute Gasteiger partial charge is 0.416 e. The molecule has 0 aliphatic rings. The lowest BCUT2D eigenvalue weighted by molar-refractivity contribution is -0.137. The summed E-state index contributed by atoms with van der Waals surface area (Å²) in [6.07, 6.45) is -1.67. The average Bonchev–Trinajstić information content (AvgIpc) is 3.60. The molecular formula is C22H14F3N7OS. The number of thiophene rings is 1. The summed E-state index contributed by atoms with van der Waals surface area (Å²) >= 11 is 1.33. The fourth-order valence-electron chi connectivity index (χ4n) is 3.26. The number of anilines is 1. The van der Waals surface area contributed by atoms with Crippen LogP contribution < -0.4 is 5.32 Å². The topological polar surface area (TPSA) is 90.5 Å². The molecule has 5 aromatic rings. The first-order valence-electron chi connectivity index (χ1n) is 9.84. The number of halogens is 3. The van der Waals surface area contributed by atoms with Gasteiger partial charge in [-0.3, -0.25) is 4.79 Å². The van der Waals surface area contributed by atoms with Gasteiger partial charge in [0.2, 0.25) is 5.82 Å². The van der Waals surface area contributed by atoms with E-state index in [2.05, 4.69) is 25.5 Å². The summed E-state index contributed by atoms with van der Waals surface area (Å²) in [5.74, 6) is -0.575. The molecule has 1 N–H and O–H groups in total. The van der Waals surface area contributed by atoms with Crippen molar-refractivity contribution in [1.82, 2.24) is 29.5 Å². The maximum absolute atomic E-state index is 13.3. The van der Waals surface area contributed by atoms with E-state index in [1.165, 1.54) is 45.5 Å². The van der Waals surface area contributed by atoms with Crippen molar-refractivity contribution in [3.63, 3.8) is 0 Å². The predicted molar refractivity (Wildman–Crippen MR) is 119 cm³/mol. The Bertz CT molecular complexity index is 1440. The van der Waals surface area contributed by atoms with Crippen molar-refractivity contribution in [1.29, 1.82) is 0 Å². The summed E-state index contributed by atoms with van der Waals surface area (Å²) < 4.78 is 42.5. The van der Waals surface area contributed by atoms with Gasteiger partial charge in [-0.25, -0.2) is 19.3 Å². The smallest absolute Gasteiger partial charge is 0.317 e. The SMILES string of the molecule is O=C(Nc1ccccc1-n1cncn1)c1nc(-c2cccs2)n(-c2cccc(C(F)(F)F)c2)n1. The maximum Gasteiger partial charge on any atom is 0.416 e. The van der Waals surface area contributed by atoms with Gasteiger partial charge in [-0.05, 0) is 41.8 Å². The lowest BCUT2D eigenvalue weighted by atomic mass is 10.2. The zero-order valence-corrected chi connectivity index (χ0v) is 18.0. The fraction of sp³-hybridized carbons (Fsp3) is 0.0455. The lowest BCUT2D eigenvalue weighted by Crippen LogP contribution is -2.16. The minimum Gasteiger partial charge on any atom is -0.317 e. The van der Waals surface area contributed by atoms with Crippen LogP contribution in [0, 0.1) is 0 Å². The molecule has 0 atom stereocenters. The molecule has 0 unspecified atom stereocenters. The number of alkyl halides is 3. The van der Waals surface area contributed by atoms with Crippen LogP contribution in [0.25, 0.3) is 22.1 Å². The van der Waals surface area contributed by atoms with Crippen LogP contribution in [0.2, 0.25) is 0 Å². The molecule has 12 heteroatoms. The van der Waals surface area contributed by atoms with E-state index in [0.717, 1.165) is 12.1 Å². The molecular weight excluding hydrogens is 467 g/mol. The van der Waals surface area contributed by atoms with Gasteiger partial charge in [0, 0.05) is 0 Å². The van der Waals surface area contributed by atoms with E-state index in [0.29, 0.717) is 16.3 Å². The number of rotatable bonds is 5. The standard InChI is InChI=1S/C22H14F3N7OS/c23-22(24,25)14-5-3-6-15(11-14)32-20(18-9-4-10-34-18)29-19(30-32)21(33)28-16-7-1-2-8-17(16)31-13-26-12-27-31/h1-13H,(H,28,33). The van der Waals surface area contributed by atoms with Gasteiger partial charge in [0.25, 0.3) is 5.91 Å². The molecule has 0 aliphatic carbocycles. The molecule has 0 aliphatic heterocycles. The average molecular weight is 481 g/mol. The van der Waals surface area contributed by atoms with Crippen molar-refractivity contribution in [3.8, 4) is 22.1 Å². The Kier molecular flexibility index (Phi) is 5.42. The highest BCUT2D eigenvalue weighted by atomic mass is 32.1. The molecule has 170 valence electrons. The molecule has 0 saturated carbocycles. The highest BCUT2D eigenvalue weighted by molar-refractivity contribution is 7.13. The van der Waals surface area contributed by atoms with Gasteiger partial charge < -0.3 is 5.32 Å². The molecule has 8 nitrogen and oxygen atoms in total. The summed E-state index contributed by atoms with van der Waals surface area (Å²) in [5.41, 5.74) is 0.313. The zero-order valence-electron chi connectivity index (χ0n) is 17.1. The molecule has 5 rings (SSSR count). The first kappa shape index (κ1) is 21.5. The number of amides is 1.